The van der Waals surface area contributed by atoms with Crippen LogP contribution in [0.2, 0.25) is 0 Å². The fourth-order valence-corrected chi connectivity index (χ4v) is 3.97. The number of nitrogens with zero attached hydrogens (tertiary/aromatic N) is 3. The number of Topliss-reactive ketones (excluding diaryl/α,β-unsaturated/α-hetero) is 1. The van der Waals surface area contributed by atoms with E-state index in [0.29, 0.717) is 36.5 Å². The summed E-state index contributed by atoms with van der Waals surface area (Å²) >= 11 is 0. The Morgan fingerprint density at radius 2 is 2.16 bits per heavy atom. The minimum Gasteiger partial charge on any atom is -0.478 e. The number of ketones is 1. The Labute approximate surface area is 185 Å². The number of hydrogen-bond acceptors (Lipinski definition) is 8. The van der Waals surface area contributed by atoms with Crippen LogP contribution in [0.4, 0.5) is 5.82 Å². The van der Waals surface area contributed by atoms with Crippen molar-refractivity contribution in [1.29, 1.82) is 5.26 Å². The summed E-state index contributed by atoms with van der Waals surface area (Å²) in [6.07, 6.45) is 3.95. The van der Waals surface area contributed by atoms with Crippen molar-refractivity contribution < 1.29 is 19.4 Å². The molecular formula is C23H25N5O4. The number of benzene rings is 1. The highest BCUT2D eigenvalue weighted by Gasteiger charge is 2.43. The first-order chi connectivity index (χ1) is 15.4. The predicted molar refractivity (Wildman–Crippen MR) is 116 cm³/mol. The number of hydrogen-bond donors (Lipinski definition) is 3. The van der Waals surface area contributed by atoms with Crippen LogP contribution in [-0.4, -0.2) is 51.6 Å². The average molecular weight is 435 g/mol. The number of amides is 1. The van der Waals surface area contributed by atoms with E-state index in [-0.39, 0.29) is 29.2 Å². The summed E-state index contributed by atoms with van der Waals surface area (Å²) in [6, 6.07) is 8.82. The molecule has 1 amide bonds. The molecule has 1 aromatic carbocycles. The molecule has 9 nitrogen and oxygen atoms in total. The van der Waals surface area contributed by atoms with Crippen molar-refractivity contribution in [3.63, 3.8) is 0 Å². The van der Waals surface area contributed by atoms with E-state index in [1.807, 2.05) is 6.92 Å². The molecule has 0 unspecified atom stereocenters. The zero-order chi connectivity index (χ0) is 22.7. The number of ether oxygens (including phenoxy) is 1. The third kappa shape index (κ3) is 4.61. The van der Waals surface area contributed by atoms with E-state index >= 15 is 0 Å². The molecule has 2 fully saturated rings. The number of aliphatic hydroxyl groups is 1. The standard InChI is InChI=1S/C23H25N5O4/c1-14-10-23(6-7-25-14,20(30)12-29)32-19-5-4-16(8-17(19)11-24)18-9-21(27-13-26-18)28-22(31)15-2-3-15/h4-5,8-9,13-15,25,29H,2-3,6-7,10,12H2,1H3,(H,26,27,28,31)/t14-,23-/m0/s1. The lowest BCUT2D eigenvalue weighted by atomic mass is 9.84. The molecular weight excluding hydrogens is 410 g/mol. The van der Waals surface area contributed by atoms with Gasteiger partial charge in [-0.2, -0.15) is 5.26 Å². The molecule has 1 aliphatic carbocycles. The quantitative estimate of drug-likeness (QED) is 0.599. The Balaban J connectivity index is 1.60. The van der Waals surface area contributed by atoms with Crippen LogP contribution in [-0.2, 0) is 9.59 Å². The van der Waals surface area contributed by atoms with Gasteiger partial charge in [0.2, 0.25) is 11.7 Å². The van der Waals surface area contributed by atoms with E-state index in [4.69, 9.17) is 4.74 Å². The summed E-state index contributed by atoms with van der Waals surface area (Å²) < 4.78 is 6.13. The van der Waals surface area contributed by atoms with Crippen LogP contribution in [0.15, 0.2) is 30.6 Å². The smallest absolute Gasteiger partial charge is 0.228 e. The van der Waals surface area contributed by atoms with Gasteiger partial charge in [-0.1, -0.05) is 0 Å². The second-order valence-electron chi connectivity index (χ2n) is 8.36. The van der Waals surface area contributed by atoms with Gasteiger partial charge in [0.25, 0.3) is 0 Å². The van der Waals surface area contributed by atoms with Crippen LogP contribution in [0.5, 0.6) is 5.75 Å². The number of anilines is 1. The summed E-state index contributed by atoms with van der Waals surface area (Å²) in [5.41, 5.74) is 0.271. The fourth-order valence-electron chi connectivity index (χ4n) is 3.97. The topological polar surface area (TPSA) is 137 Å². The second kappa shape index (κ2) is 9.02. The molecule has 9 heteroatoms. The van der Waals surface area contributed by atoms with Crippen molar-refractivity contribution in [3.8, 4) is 23.1 Å². The Kier molecular flexibility index (Phi) is 6.17. The molecule has 1 aliphatic heterocycles. The van der Waals surface area contributed by atoms with Gasteiger partial charge in [-0.3, -0.25) is 9.59 Å². The largest absolute Gasteiger partial charge is 0.478 e. The number of aliphatic hydroxyl groups excluding tert-OH is 1. The first kappa shape index (κ1) is 21.9. The lowest BCUT2D eigenvalue weighted by Crippen LogP contribution is -2.56. The molecule has 1 saturated carbocycles. The second-order valence-corrected chi connectivity index (χ2v) is 8.36. The van der Waals surface area contributed by atoms with E-state index in [0.717, 1.165) is 12.8 Å². The number of piperidine rings is 1. The lowest BCUT2D eigenvalue weighted by Gasteiger charge is -2.39. The predicted octanol–water partition coefficient (Wildman–Crippen LogP) is 1.81. The molecule has 1 aromatic heterocycles. The van der Waals surface area contributed by atoms with Crippen LogP contribution in [0.25, 0.3) is 11.3 Å². The van der Waals surface area contributed by atoms with Crippen LogP contribution in [0.3, 0.4) is 0 Å². The van der Waals surface area contributed by atoms with Crippen LogP contribution in [0, 0.1) is 17.2 Å². The minimum atomic E-state index is -1.18. The first-order valence-corrected chi connectivity index (χ1v) is 10.7. The van der Waals surface area contributed by atoms with Gasteiger partial charge in [0, 0.05) is 36.4 Å². The maximum atomic E-state index is 12.6. The van der Waals surface area contributed by atoms with Crippen molar-refractivity contribution in [2.75, 3.05) is 18.5 Å². The number of carbonyl (C=O) groups is 2. The number of nitrogens with one attached hydrogen (secondary N) is 2. The molecule has 0 bridgehead atoms. The summed E-state index contributed by atoms with van der Waals surface area (Å²) in [4.78, 5) is 32.9. The van der Waals surface area contributed by atoms with Crippen LogP contribution < -0.4 is 15.4 Å². The number of nitriles is 1. The van der Waals surface area contributed by atoms with Gasteiger partial charge in [-0.05, 0) is 44.5 Å². The fraction of sp³-hybridized carbons (Fsp3) is 0.435. The summed E-state index contributed by atoms with van der Waals surface area (Å²) in [7, 11) is 0. The third-order valence-electron chi connectivity index (χ3n) is 5.88. The highest BCUT2D eigenvalue weighted by atomic mass is 16.5. The monoisotopic (exact) mass is 435 g/mol. The zero-order valence-corrected chi connectivity index (χ0v) is 17.8. The van der Waals surface area contributed by atoms with Crippen molar-refractivity contribution in [1.82, 2.24) is 15.3 Å². The van der Waals surface area contributed by atoms with E-state index in [9.17, 15) is 20.0 Å². The SMILES string of the molecule is C[C@H]1C[C@](Oc2ccc(-c3cc(NC(=O)C4CC4)ncn3)cc2C#N)(C(=O)CO)CCN1. The maximum Gasteiger partial charge on any atom is 0.228 e. The van der Waals surface area contributed by atoms with Crippen LogP contribution >= 0.6 is 0 Å². The molecule has 2 heterocycles. The number of carbonyl (C=O) groups excluding carboxylic acids is 2. The average Bonchev–Trinajstić information content (AvgIpc) is 3.64. The Hall–Kier alpha value is -3.35. The Bertz CT molecular complexity index is 1080. The molecule has 0 radical (unpaired) electrons. The summed E-state index contributed by atoms with van der Waals surface area (Å²) in [6.45, 7) is 1.90. The van der Waals surface area contributed by atoms with Crippen LogP contribution in [0.1, 0.15) is 38.2 Å². The van der Waals surface area contributed by atoms with Crippen molar-refractivity contribution in [2.45, 2.75) is 44.2 Å². The first-order valence-electron chi connectivity index (χ1n) is 10.7. The van der Waals surface area contributed by atoms with Crippen molar-refractivity contribution in [3.05, 3.63) is 36.2 Å². The molecule has 2 atom stereocenters. The third-order valence-corrected chi connectivity index (χ3v) is 5.88. The van der Waals surface area contributed by atoms with Crippen molar-refractivity contribution in [2.24, 2.45) is 5.92 Å². The Morgan fingerprint density at radius 3 is 2.84 bits per heavy atom. The molecule has 2 aliphatic rings. The molecule has 166 valence electrons. The molecule has 32 heavy (non-hydrogen) atoms. The van der Waals surface area contributed by atoms with Gasteiger partial charge in [-0.15, -0.1) is 0 Å². The van der Waals surface area contributed by atoms with Gasteiger partial charge >= 0.3 is 0 Å². The number of aromatic nitrogens is 2. The van der Waals surface area contributed by atoms with Crippen molar-refractivity contribution >= 4 is 17.5 Å². The minimum absolute atomic E-state index is 0.0364. The summed E-state index contributed by atoms with van der Waals surface area (Å²) in [5.74, 6) is 0.295. The van der Waals surface area contributed by atoms with Gasteiger partial charge in [-0.25, -0.2) is 9.97 Å². The maximum absolute atomic E-state index is 12.6. The molecule has 2 aromatic rings. The van der Waals surface area contributed by atoms with E-state index < -0.39 is 18.0 Å². The van der Waals surface area contributed by atoms with Gasteiger partial charge in [0.15, 0.2) is 5.60 Å². The Morgan fingerprint density at radius 1 is 1.34 bits per heavy atom. The molecule has 4 rings (SSSR count). The molecule has 0 spiro atoms. The molecule has 3 N–H and O–H groups in total. The summed E-state index contributed by atoms with van der Waals surface area (Å²) in [5, 5.41) is 25.3. The van der Waals surface area contributed by atoms with E-state index in [2.05, 4.69) is 26.7 Å². The van der Waals surface area contributed by atoms with E-state index in [1.54, 1.807) is 24.3 Å². The van der Waals surface area contributed by atoms with Gasteiger partial charge in [0.1, 0.15) is 30.6 Å². The zero-order valence-electron chi connectivity index (χ0n) is 17.8. The van der Waals surface area contributed by atoms with Gasteiger partial charge < -0.3 is 20.5 Å². The highest BCUT2D eigenvalue weighted by molar-refractivity contribution is 5.93. The van der Waals surface area contributed by atoms with Gasteiger partial charge in [0.05, 0.1) is 11.3 Å². The highest BCUT2D eigenvalue weighted by Crippen LogP contribution is 2.34. The lowest BCUT2D eigenvalue weighted by molar-refractivity contribution is -0.140. The normalized spacial score (nSPS) is 22.6. The van der Waals surface area contributed by atoms with E-state index in [1.165, 1.54) is 6.33 Å². The molecule has 1 saturated heterocycles. The number of rotatable bonds is 7.